The molecule has 0 aliphatic carbocycles. The number of anilines is 1. The topological polar surface area (TPSA) is 110 Å². The van der Waals surface area contributed by atoms with Gasteiger partial charge in [-0.05, 0) is 52.0 Å². The number of H-pyrrole nitrogens is 1. The predicted molar refractivity (Wildman–Crippen MR) is 172 cm³/mol. The first kappa shape index (κ1) is 30.5. The Balaban J connectivity index is 0.954. The van der Waals surface area contributed by atoms with E-state index in [0.29, 0.717) is 48.8 Å². The molecule has 3 aliphatic rings. The van der Waals surface area contributed by atoms with Gasteiger partial charge in [0.05, 0.1) is 16.9 Å². The summed E-state index contributed by atoms with van der Waals surface area (Å²) in [7, 11) is 0. The van der Waals surface area contributed by atoms with Crippen molar-refractivity contribution in [1.29, 1.82) is 0 Å². The van der Waals surface area contributed by atoms with Crippen molar-refractivity contribution in [3.05, 3.63) is 41.7 Å². The normalized spacial score (nSPS) is 20.4. The number of piperidine rings is 1. The number of piperazine rings is 1. The number of likely N-dealkylation sites (tertiary alicyclic amines) is 2. The van der Waals surface area contributed by atoms with E-state index in [1.807, 2.05) is 65.9 Å². The number of amides is 3. The molecule has 3 saturated heterocycles. The largest absolute Gasteiger partial charge is 0.444 e. The quantitative estimate of drug-likeness (QED) is 0.405. The number of rotatable bonds is 5. The van der Waals surface area contributed by atoms with Crippen LogP contribution in [0.1, 0.15) is 40.0 Å². The molecule has 3 aliphatic heterocycles. The second-order valence-electron chi connectivity index (χ2n) is 13.2. The Bertz CT molecular complexity index is 1470. The molecular formula is C32H43ClN8O3. The van der Waals surface area contributed by atoms with Crippen molar-refractivity contribution >= 4 is 40.6 Å². The number of nitrogens with one attached hydrogen (secondary N) is 2. The van der Waals surface area contributed by atoms with Crippen molar-refractivity contribution in [1.82, 2.24) is 34.6 Å². The lowest BCUT2D eigenvalue weighted by molar-refractivity contribution is 0.0125. The molecule has 5 heterocycles. The fraction of sp³-hybridized carbons (Fsp3) is 0.562. The monoisotopic (exact) mass is 622 g/mol. The van der Waals surface area contributed by atoms with E-state index in [1.54, 1.807) is 6.20 Å². The molecule has 1 aromatic carbocycles. The maximum absolute atomic E-state index is 13.4. The van der Waals surface area contributed by atoms with Gasteiger partial charge in [-0.15, -0.1) is 0 Å². The number of nitrogens with zero attached hydrogens (tertiary/aromatic N) is 6. The molecule has 3 aromatic rings. The summed E-state index contributed by atoms with van der Waals surface area (Å²) in [5, 5.41) is 4.99. The minimum atomic E-state index is -0.472. The highest BCUT2D eigenvalue weighted by Gasteiger charge is 2.33. The highest BCUT2D eigenvalue weighted by Crippen LogP contribution is 2.32. The van der Waals surface area contributed by atoms with Crippen LogP contribution in [0.15, 0.2) is 36.7 Å². The van der Waals surface area contributed by atoms with Crippen molar-refractivity contribution in [2.45, 2.75) is 51.7 Å². The Morgan fingerprint density at radius 1 is 1.00 bits per heavy atom. The molecule has 1 unspecified atom stereocenters. The predicted octanol–water partition coefficient (Wildman–Crippen LogP) is 5.15. The Morgan fingerprint density at radius 2 is 1.73 bits per heavy atom. The Kier molecular flexibility index (Phi) is 8.87. The van der Waals surface area contributed by atoms with Crippen molar-refractivity contribution in [2.75, 3.05) is 64.2 Å². The lowest BCUT2D eigenvalue weighted by Crippen LogP contribution is -2.52. The molecule has 0 saturated carbocycles. The van der Waals surface area contributed by atoms with Crippen LogP contribution >= 0.6 is 11.6 Å². The fourth-order valence-corrected chi connectivity index (χ4v) is 6.63. The fourth-order valence-electron chi connectivity index (χ4n) is 6.44. The number of para-hydroxylation sites is 1. The zero-order valence-corrected chi connectivity index (χ0v) is 26.6. The zero-order valence-electron chi connectivity index (χ0n) is 25.9. The van der Waals surface area contributed by atoms with E-state index in [0.717, 1.165) is 68.5 Å². The first-order valence-electron chi connectivity index (χ1n) is 15.7. The number of ether oxygens (including phenoxy) is 1. The molecule has 0 bridgehead atoms. The van der Waals surface area contributed by atoms with Gasteiger partial charge in [-0.25, -0.2) is 19.6 Å². The molecule has 6 rings (SSSR count). The molecule has 3 fully saturated rings. The molecule has 44 heavy (non-hydrogen) atoms. The summed E-state index contributed by atoms with van der Waals surface area (Å²) in [5.74, 6) is 1.08. The molecule has 3 amide bonds. The summed E-state index contributed by atoms with van der Waals surface area (Å²) in [6, 6.07) is 8.26. The van der Waals surface area contributed by atoms with Gasteiger partial charge in [0.2, 0.25) is 5.95 Å². The second-order valence-corrected chi connectivity index (χ2v) is 13.6. The van der Waals surface area contributed by atoms with Gasteiger partial charge in [0.15, 0.2) is 0 Å². The lowest BCUT2D eigenvalue weighted by Gasteiger charge is -2.39. The van der Waals surface area contributed by atoms with E-state index >= 15 is 0 Å². The highest BCUT2D eigenvalue weighted by molar-refractivity contribution is 6.33. The van der Waals surface area contributed by atoms with Crippen LogP contribution in [0.2, 0.25) is 5.02 Å². The number of urea groups is 1. The SMILES string of the molecule is CC(C)(C)OC(=O)N1CCN(CC2CCN(C(=O)N3CCC(Nc4ncc(Cl)c(-c5c[nH]c6ccccc56)n4)C3)CC2)CC1. The number of aromatic nitrogens is 3. The van der Waals surface area contributed by atoms with Gasteiger partial charge in [0.25, 0.3) is 0 Å². The Labute approximate surface area is 263 Å². The van der Waals surface area contributed by atoms with Crippen molar-refractivity contribution in [3.8, 4) is 11.3 Å². The Hall–Kier alpha value is -3.57. The summed E-state index contributed by atoms with van der Waals surface area (Å²) in [5.41, 5.74) is 2.17. The molecule has 236 valence electrons. The molecule has 2 N–H and O–H groups in total. The Morgan fingerprint density at radius 3 is 2.48 bits per heavy atom. The number of carbonyl (C=O) groups is 2. The number of halogens is 1. The van der Waals surface area contributed by atoms with E-state index in [1.165, 1.54) is 0 Å². The summed E-state index contributed by atoms with van der Waals surface area (Å²) < 4.78 is 5.52. The van der Waals surface area contributed by atoms with E-state index < -0.39 is 5.60 Å². The third-order valence-corrected chi connectivity index (χ3v) is 9.08. The second kappa shape index (κ2) is 12.8. The van der Waals surface area contributed by atoms with Crippen LogP contribution in [0.4, 0.5) is 15.5 Å². The third kappa shape index (κ3) is 7.04. The van der Waals surface area contributed by atoms with Gasteiger partial charge >= 0.3 is 12.1 Å². The summed E-state index contributed by atoms with van der Waals surface area (Å²) in [6.45, 7) is 12.7. The van der Waals surface area contributed by atoms with Gasteiger partial charge in [-0.2, -0.15) is 0 Å². The molecule has 0 radical (unpaired) electrons. The van der Waals surface area contributed by atoms with Gasteiger partial charge in [0, 0.05) is 87.6 Å². The molecule has 2 aromatic heterocycles. The van der Waals surface area contributed by atoms with E-state index in [2.05, 4.69) is 20.2 Å². The first-order chi connectivity index (χ1) is 21.1. The van der Waals surface area contributed by atoms with E-state index in [9.17, 15) is 9.59 Å². The summed E-state index contributed by atoms with van der Waals surface area (Å²) >= 11 is 6.51. The van der Waals surface area contributed by atoms with Gasteiger partial charge in [0.1, 0.15) is 5.60 Å². The zero-order chi connectivity index (χ0) is 30.8. The standard InChI is InChI=1S/C32H43ClN8O3/c1-32(2,3)44-31(43)40-16-14-38(15-17-40)20-22-8-11-39(12-9-22)30(42)41-13-10-23(21-41)36-29-35-19-26(33)28(37-29)25-18-34-27-7-5-4-6-24(25)27/h4-7,18-19,22-23,34H,8-17,20-21H2,1-3H3,(H,35,36,37). The minimum Gasteiger partial charge on any atom is -0.444 e. The number of benzene rings is 1. The van der Waals surface area contributed by atoms with Crippen molar-refractivity contribution < 1.29 is 14.3 Å². The van der Waals surface area contributed by atoms with Crippen LogP contribution in [-0.2, 0) is 4.74 Å². The molecule has 1 atom stereocenters. The average molecular weight is 623 g/mol. The number of fused-ring (bicyclic) bond motifs is 1. The average Bonchev–Trinajstić information content (AvgIpc) is 3.65. The van der Waals surface area contributed by atoms with Gasteiger partial charge < -0.3 is 29.7 Å². The summed E-state index contributed by atoms with van der Waals surface area (Å²) in [4.78, 5) is 46.4. The van der Waals surface area contributed by atoms with Crippen LogP contribution in [0.5, 0.6) is 0 Å². The minimum absolute atomic E-state index is 0.0767. The third-order valence-electron chi connectivity index (χ3n) is 8.81. The smallest absolute Gasteiger partial charge is 0.410 e. The lowest BCUT2D eigenvalue weighted by atomic mass is 9.96. The number of aromatic amines is 1. The number of carbonyl (C=O) groups excluding carboxylic acids is 2. The first-order valence-corrected chi connectivity index (χ1v) is 16.1. The van der Waals surface area contributed by atoms with Gasteiger partial charge in [-0.3, -0.25) is 4.90 Å². The van der Waals surface area contributed by atoms with E-state index in [4.69, 9.17) is 21.3 Å². The molecular weight excluding hydrogens is 580 g/mol. The maximum atomic E-state index is 13.4. The number of hydrogen-bond acceptors (Lipinski definition) is 7. The molecule has 11 nitrogen and oxygen atoms in total. The van der Waals surface area contributed by atoms with E-state index in [-0.39, 0.29) is 18.2 Å². The molecule has 12 heteroatoms. The summed E-state index contributed by atoms with van der Waals surface area (Å²) in [6.07, 6.45) is 6.18. The van der Waals surface area contributed by atoms with Crippen LogP contribution in [-0.4, -0.2) is 117 Å². The van der Waals surface area contributed by atoms with Crippen LogP contribution in [0.3, 0.4) is 0 Å². The van der Waals surface area contributed by atoms with Gasteiger partial charge in [-0.1, -0.05) is 29.8 Å². The number of hydrogen-bond donors (Lipinski definition) is 2. The highest BCUT2D eigenvalue weighted by atomic mass is 35.5. The van der Waals surface area contributed by atoms with Crippen LogP contribution < -0.4 is 5.32 Å². The molecule has 0 spiro atoms. The van der Waals surface area contributed by atoms with Crippen molar-refractivity contribution in [3.63, 3.8) is 0 Å². The van der Waals surface area contributed by atoms with Crippen molar-refractivity contribution in [2.24, 2.45) is 5.92 Å². The maximum Gasteiger partial charge on any atom is 0.410 e. The van der Waals surface area contributed by atoms with Crippen LogP contribution in [0.25, 0.3) is 22.2 Å². The van der Waals surface area contributed by atoms with Crippen LogP contribution in [0, 0.1) is 5.92 Å².